The molecule has 0 spiro atoms. The Labute approximate surface area is 470 Å². The van der Waals surface area contributed by atoms with Crippen molar-refractivity contribution < 1.29 is 37.9 Å². The quantitative estimate of drug-likeness (QED) is 0.0907. The fourth-order valence-electron chi connectivity index (χ4n) is 12.2. The highest BCUT2D eigenvalue weighted by molar-refractivity contribution is 6.04. The van der Waals surface area contributed by atoms with Crippen molar-refractivity contribution in [2.75, 3.05) is 76.3 Å². The maximum atomic E-state index is 14.9. The number of carbonyl (C=O) groups is 6. The second-order valence-electron chi connectivity index (χ2n) is 24.1. The Morgan fingerprint density at radius 1 is 0.912 bits per heavy atom. The monoisotopic (exact) mass is 1100 g/mol. The second-order valence-corrected chi connectivity index (χ2v) is 24.1. The van der Waals surface area contributed by atoms with Crippen LogP contribution in [0, 0.1) is 11.2 Å². The Kier molecular flexibility index (Phi) is 17.9. The first kappa shape index (κ1) is 58.1. The number of nitrogens with zero attached hydrogens (tertiary/aromatic N) is 4. The van der Waals surface area contributed by atoms with E-state index in [1.165, 1.54) is 17.7 Å². The van der Waals surface area contributed by atoms with Crippen molar-refractivity contribution in [3.8, 4) is 0 Å². The number of anilines is 2. The van der Waals surface area contributed by atoms with Crippen LogP contribution < -0.4 is 36.8 Å². The summed E-state index contributed by atoms with van der Waals surface area (Å²) in [6.45, 7) is 17.7. The lowest BCUT2D eigenvalue weighted by molar-refractivity contribution is -0.147. The number of aryl methyl sites for hydroxylation is 1. The van der Waals surface area contributed by atoms with Gasteiger partial charge in [-0.05, 0) is 135 Å². The Balaban J connectivity index is 0.915. The predicted octanol–water partition coefficient (Wildman–Crippen LogP) is 4.74. The number of piperazine rings is 1. The predicted molar refractivity (Wildman–Crippen MR) is 306 cm³/mol. The number of fused-ring (bicyclic) bond motifs is 3. The Hall–Kier alpha value is -6.57. The third-order valence-electron chi connectivity index (χ3n) is 17.1. The summed E-state index contributed by atoms with van der Waals surface area (Å²) >= 11 is 0. The number of ether oxygens (including phenoxy) is 1. The molecule has 0 radical (unpaired) electrons. The molecule has 2 unspecified atom stereocenters. The minimum Gasteiger partial charge on any atom is -0.379 e. The summed E-state index contributed by atoms with van der Waals surface area (Å²) in [4.78, 5) is 94.1. The summed E-state index contributed by atoms with van der Waals surface area (Å²) < 4.78 is 19.6. The van der Waals surface area contributed by atoms with Gasteiger partial charge in [0, 0.05) is 75.2 Å². The normalized spacial score (nSPS) is 23.9. The molecule has 5 aliphatic rings. The van der Waals surface area contributed by atoms with E-state index in [1.807, 2.05) is 63.2 Å². The zero-order valence-electron chi connectivity index (χ0n) is 47.8. The first-order chi connectivity index (χ1) is 38.2. The van der Waals surface area contributed by atoms with E-state index in [0.717, 1.165) is 66.7 Å². The molecule has 2 saturated heterocycles. The highest BCUT2D eigenvalue weighted by atomic mass is 19.1. The fraction of sp³-hybridized carbons (Fsp3) is 0.516. The van der Waals surface area contributed by atoms with Gasteiger partial charge in [-0.1, -0.05) is 75.4 Å². The third kappa shape index (κ3) is 13.1. The van der Waals surface area contributed by atoms with E-state index in [2.05, 4.69) is 61.6 Å². The van der Waals surface area contributed by atoms with Gasteiger partial charge in [-0.15, -0.1) is 0 Å². The van der Waals surface area contributed by atoms with Crippen LogP contribution in [0.2, 0.25) is 0 Å². The van der Waals surface area contributed by atoms with Gasteiger partial charge in [0.05, 0.1) is 43.8 Å². The van der Waals surface area contributed by atoms with Crippen molar-refractivity contribution in [1.29, 1.82) is 0 Å². The Morgan fingerprint density at radius 3 is 2.42 bits per heavy atom. The van der Waals surface area contributed by atoms with Crippen LogP contribution in [0.5, 0.6) is 0 Å². The SMILES string of the molecule is CNC(C)C(=O)NC(C(=O)N1Cc2cc(NC(=O)CNC(=O)[C@@]3(C)CN(C(=O)CN4C[C@@H](C)NC[C@@H]4CN4CCOC[C@H]4C)c4cc(Cc5ccc(F)cc5)ccc43)ccc2C[C@H]1C(=O)N[C@@H]1CCCc2ccccc21)C(C)(C)C. The number of nitrogens with one attached hydrogen (secondary N) is 6. The van der Waals surface area contributed by atoms with Gasteiger partial charge < -0.3 is 46.4 Å². The number of rotatable bonds is 16. The average Bonchev–Trinajstić information content (AvgIpc) is 3.76. The minimum absolute atomic E-state index is 0.0397. The summed E-state index contributed by atoms with van der Waals surface area (Å²) in [5.41, 5.74) is 5.41. The van der Waals surface area contributed by atoms with E-state index in [4.69, 9.17) is 4.74 Å². The van der Waals surface area contributed by atoms with E-state index in [1.54, 1.807) is 55.0 Å². The van der Waals surface area contributed by atoms with E-state index >= 15 is 0 Å². The molecule has 9 rings (SSSR count). The summed E-state index contributed by atoms with van der Waals surface area (Å²) in [6, 6.07) is 23.5. The van der Waals surface area contributed by atoms with Gasteiger partial charge in [0.25, 0.3) is 0 Å². The Bertz CT molecular complexity index is 2950. The number of benzene rings is 4. The van der Waals surface area contributed by atoms with Crippen LogP contribution in [0.3, 0.4) is 0 Å². The maximum absolute atomic E-state index is 14.9. The number of hydrogen-bond acceptors (Lipinski definition) is 11. The zero-order valence-corrected chi connectivity index (χ0v) is 47.8. The lowest BCUT2D eigenvalue weighted by atomic mass is 9.83. The molecule has 2 fully saturated rings. The molecule has 18 heteroatoms. The summed E-state index contributed by atoms with van der Waals surface area (Å²) in [7, 11) is 1.67. The van der Waals surface area contributed by atoms with Crippen LogP contribution in [0.1, 0.15) is 106 Å². The molecule has 4 aromatic carbocycles. The van der Waals surface area contributed by atoms with Crippen LogP contribution in [-0.2, 0) is 64.7 Å². The van der Waals surface area contributed by atoms with E-state index in [0.29, 0.717) is 43.1 Å². The summed E-state index contributed by atoms with van der Waals surface area (Å²) in [6.07, 6.45) is 3.31. The molecule has 4 aromatic rings. The molecule has 17 nitrogen and oxygen atoms in total. The number of halogens is 1. The molecular weight excluding hydrogens is 1020 g/mol. The molecule has 6 N–H and O–H groups in total. The minimum atomic E-state index is -1.22. The number of likely N-dealkylation sites (N-methyl/N-ethyl adjacent to an activating group) is 1. The largest absolute Gasteiger partial charge is 0.379 e. The van der Waals surface area contributed by atoms with Gasteiger partial charge >= 0.3 is 0 Å². The van der Waals surface area contributed by atoms with E-state index in [9.17, 15) is 33.2 Å². The second kappa shape index (κ2) is 24.7. The maximum Gasteiger partial charge on any atom is 0.246 e. The van der Waals surface area contributed by atoms with Gasteiger partial charge in [0.1, 0.15) is 17.9 Å². The fourth-order valence-corrected chi connectivity index (χ4v) is 12.2. The smallest absolute Gasteiger partial charge is 0.246 e. The average molecular weight is 1100 g/mol. The molecule has 80 heavy (non-hydrogen) atoms. The van der Waals surface area contributed by atoms with Crippen LogP contribution in [0.25, 0.3) is 0 Å². The van der Waals surface area contributed by atoms with Gasteiger partial charge in [0.2, 0.25) is 35.4 Å². The molecular formula is C62H81FN10O7. The van der Waals surface area contributed by atoms with Gasteiger partial charge in [-0.25, -0.2) is 4.39 Å². The van der Waals surface area contributed by atoms with Crippen molar-refractivity contribution in [2.24, 2.45) is 5.41 Å². The summed E-state index contributed by atoms with van der Waals surface area (Å²) in [5, 5.41) is 18.6. The lowest BCUT2D eigenvalue weighted by Crippen LogP contribution is -2.62. The lowest BCUT2D eigenvalue weighted by Gasteiger charge is -2.43. The molecule has 6 amide bonds. The molecule has 4 heterocycles. The van der Waals surface area contributed by atoms with Gasteiger partial charge in [-0.3, -0.25) is 38.6 Å². The zero-order chi connectivity index (χ0) is 57.0. The highest BCUT2D eigenvalue weighted by Crippen LogP contribution is 2.42. The standard InChI is InChI=1S/C62H81FN10O7/c1-38-32-71(48(30-65-38)34-70-24-25-80-36-39(70)2)35-55(75)73-37-62(7,50-23-18-42(27-52(50)73)26-41-16-20-46(63)21-17-41)60(79)66-31-54(74)67-47-22-19-44-29-53(58(77)68-51-15-11-13-43-12-9-10-14-49(43)51)72(33-45(44)28-47)59(78)56(61(4,5)6)69-57(76)40(3)64-8/h9-10,12,14,16-23,27-28,38-40,48,51,53,56,64-65H,11,13,15,24-26,29-37H2,1-8H3,(H,66,79)(H,67,74)(H,68,77)(H,69,76)/t38-,39-,40?,48-,51-,53+,56?,62+/m1/s1. The number of amides is 6. The number of carbonyl (C=O) groups excluding carboxylic acids is 6. The van der Waals surface area contributed by atoms with Gasteiger partial charge in [0.15, 0.2) is 0 Å². The highest BCUT2D eigenvalue weighted by Gasteiger charge is 2.48. The molecule has 1 aliphatic carbocycles. The molecule has 4 aliphatic heterocycles. The topological polar surface area (TPSA) is 197 Å². The first-order valence-corrected chi connectivity index (χ1v) is 28.5. The number of morpholine rings is 1. The first-order valence-electron chi connectivity index (χ1n) is 28.5. The van der Waals surface area contributed by atoms with Crippen molar-refractivity contribution in [3.63, 3.8) is 0 Å². The third-order valence-corrected chi connectivity index (χ3v) is 17.1. The molecule has 0 bridgehead atoms. The molecule has 428 valence electrons. The van der Waals surface area contributed by atoms with E-state index in [-0.39, 0.29) is 80.3 Å². The van der Waals surface area contributed by atoms with Crippen molar-refractivity contribution in [2.45, 2.75) is 135 Å². The van der Waals surface area contributed by atoms with Gasteiger partial charge in [-0.2, -0.15) is 0 Å². The summed E-state index contributed by atoms with van der Waals surface area (Å²) in [5.74, 6) is -2.39. The van der Waals surface area contributed by atoms with Crippen LogP contribution in [0.4, 0.5) is 15.8 Å². The number of hydrogen-bond donors (Lipinski definition) is 6. The van der Waals surface area contributed by atoms with Crippen LogP contribution in [0.15, 0.2) is 84.9 Å². The van der Waals surface area contributed by atoms with Crippen molar-refractivity contribution in [3.05, 3.63) is 130 Å². The van der Waals surface area contributed by atoms with Crippen LogP contribution >= 0.6 is 0 Å². The molecule has 0 aromatic heterocycles. The molecule has 8 atom stereocenters. The van der Waals surface area contributed by atoms with E-state index < -0.39 is 46.7 Å². The molecule has 0 saturated carbocycles. The van der Waals surface area contributed by atoms with Crippen LogP contribution in [-0.4, -0.2) is 152 Å². The Morgan fingerprint density at radius 2 is 1.68 bits per heavy atom. The van der Waals surface area contributed by atoms with Crippen molar-refractivity contribution in [1.82, 2.24) is 41.3 Å². The van der Waals surface area contributed by atoms with Crippen molar-refractivity contribution >= 4 is 46.8 Å².